The molecule has 0 bridgehead atoms. The molecule has 2 atom stereocenters. The quantitative estimate of drug-likeness (QED) is 0.660. The van der Waals surface area contributed by atoms with Crippen LogP contribution >= 0.6 is 0 Å². The van der Waals surface area contributed by atoms with Gasteiger partial charge in [0.05, 0.1) is 11.7 Å². The molecule has 1 aliphatic carbocycles. The van der Waals surface area contributed by atoms with Gasteiger partial charge < -0.3 is 5.32 Å². The van der Waals surface area contributed by atoms with E-state index in [9.17, 15) is 14.0 Å². The molecule has 0 spiro atoms. The summed E-state index contributed by atoms with van der Waals surface area (Å²) in [5.41, 5.74) is 1.87. The van der Waals surface area contributed by atoms with Crippen LogP contribution in [0.1, 0.15) is 60.0 Å². The van der Waals surface area contributed by atoms with Crippen LogP contribution in [0.15, 0.2) is 36.7 Å². The average molecular weight is 437 g/mol. The number of nitrogens with one attached hydrogen (secondary N) is 1. The van der Waals surface area contributed by atoms with Gasteiger partial charge in [-0.1, -0.05) is 12.1 Å². The molecule has 1 aromatic carbocycles. The Labute approximate surface area is 184 Å². The molecule has 2 aliphatic rings. The zero-order valence-corrected chi connectivity index (χ0v) is 17.9. The number of fused-ring (bicyclic) bond motifs is 1. The summed E-state index contributed by atoms with van der Waals surface area (Å²) in [5, 5.41) is 11.7. The molecule has 2 amide bonds. The maximum Gasteiger partial charge on any atom is 0.291 e. The molecular weight excluding hydrogens is 413 g/mol. The molecule has 0 saturated heterocycles. The Bertz CT molecular complexity index is 1170. The van der Waals surface area contributed by atoms with Gasteiger partial charge in [-0.2, -0.15) is 5.10 Å². The van der Waals surface area contributed by atoms with Gasteiger partial charge in [0.1, 0.15) is 24.0 Å². The monoisotopic (exact) mass is 437 g/mol. The molecule has 3 heterocycles. The Morgan fingerprint density at radius 3 is 2.66 bits per heavy atom. The van der Waals surface area contributed by atoms with Crippen molar-refractivity contribution in [3.63, 3.8) is 0 Å². The summed E-state index contributed by atoms with van der Waals surface area (Å²) in [6.45, 7) is 2.41. The number of hydrogen-bond donors (Lipinski definition) is 1. The van der Waals surface area contributed by atoms with Crippen molar-refractivity contribution in [2.24, 2.45) is 0 Å². The van der Waals surface area contributed by atoms with Gasteiger partial charge in [0.25, 0.3) is 11.8 Å². The van der Waals surface area contributed by atoms with Crippen LogP contribution in [0, 0.1) is 5.82 Å². The molecule has 32 heavy (non-hydrogen) atoms. The lowest BCUT2D eigenvalue weighted by Crippen LogP contribution is -2.47. The predicted molar refractivity (Wildman–Crippen MR) is 114 cm³/mol. The molecule has 10 heteroatoms. The van der Waals surface area contributed by atoms with E-state index in [-0.39, 0.29) is 23.6 Å². The van der Waals surface area contributed by atoms with Crippen molar-refractivity contribution < 1.29 is 14.0 Å². The minimum Gasteiger partial charge on any atom is -0.337 e. The number of aromatic nitrogens is 5. The number of nitrogens with zero attached hydrogens (tertiary/aromatic N) is 6. The number of carbonyl (C=O) groups excluding carboxylic acids is 2. The number of likely N-dealkylation sites (N-methyl/N-ethyl adjacent to an activating group) is 1. The van der Waals surface area contributed by atoms with Gasteiger partial charge in [-0.25, -0.2) is 18.7 Å². The van der Waals surface area contributed by atoms with Crippen molar-refractivity contribution >= 4 is 17.6 Å². The van der Waals surface area contributed by atoms with Crippen molar-refractivity contribution in [3.8, 4) is 0 Å². The maximum absolute atomic E-state index is 13.2. The summed E-state index contributed by atoms with van der Waals surface area (Å²) in [5.74, 6) is 0.213. The van der Waals surface area contributed by atoms with Gasteiger partial charge in [0.2, 0.25) is 5.82 Å². The highest BCUT2D eigenvalue weighted by atomic mass is 19.1. The fourth-order valence-corrected chi connectivity index (χ4v) is 3.98. The van der Waals surface area contributed by atoms with Crippen LogP contribution in [-0.2, 0) is 11.3 Å². The maximum atomic E-state index is 13.2. The lowest BCUT2D eigenvalue weighted by atomic mass is 10.1. The van der Waals surface area contributed by atoms with E-state index in [0.29, 0.717) is 18.9 Å². The molecule has 3 aromatic rings. The summed E-state index contributed by atoms with van der Waals surface area (Å²) >= 11 is 0. The van der Waals surface area contributed by atoms with E-state index in [1.807, 2.05) is 17.7 Å². The lowest BCUT2D eigenvalue weighted by molar-refractivity contribution is -0.120. The van der Waals surface area contributed by atoms with Gasteiger partial charge in [-0.05, 0) is 43.9 Å². The van der Waals surface area contributed by atoms with Crippen LogP contribution in [-0.4, -0.2) is 49.4 Å². The SMILES string of the molecule is CC(c1ccc(F)cc1)n1cnc(C(=O)NC2CCn3nc(C4CC4)cc3N(C)C2=O)n1. The Morgan fingerprint density at radius 2 is 1.94 bits per heavy atom. The van der Waals surface area contributed by atoms with E-state index in [1.54, 1.807) is 24.1 Å². The van der Waals surface area contributed by atoms with Crippen LogP contribution in [0.25, 0.3) is 0 Å². The van der Waals surface area contributed by atoms with Crippen molar-refractivity contribution in [2.75, 3.05) is 11.9 Å². The van der Waals surface area contributed by atoms with Crippen LogP contribution in [0.4, 0.5) is 10.2 Å². The molecule has 1 saturated carbocycles. The standard InChI is InChI=1S/C22H24FN7O2/c1-13(14-5-7-16(23)8-6-14)30-12-24-20(27-30)21(31)25-17-9-10-29-19(28(2)22(17)32)11-18(26-29)15-3-4-15/h5-8,11-13,15,17H,3-4,9-10H2,1-2H3,(H,25,31). The summed E-state index contributed by atoms with van der Waals surface area (Å²) < 4.78 is 16.6. The fourth-order valence-electron chi connectivity index (χ4n) is 3.98. The number of halogens is 1. The first-order valence-electron chi connectivity index (χ1n) is 10.7. The number of rotatable bonds is 5. The number of anilines is 1. The van der Waals surface area contributed by atoms with E-state index in [0.717, 1.165) is 29.9 Å². The van der Waals surface area contributed by atoms with E-state index in [1.165, 1.54) is 23.1 Å². The van der Waals surface area contributed by atoms with E-state index in [2.05, 4.69) is 20.5 Å². The molecule has 5 rings (SSSR count). The molecule has 0 radical (unpaired) electrons. The van der Waals surface area contributed by atoms with Crippen molar-refractivity contribution in [1.82, 2.24) is 29.9 Å². The van der Waals surface area contributed by atoms with Crippen molar-refractivity contribution in [2.45, 2.75) is 50.7 Å². The number of amides is 2. The smallest absolute Gasteiger partial charge is 0.291 e. The summed E-state index contributed by atoms with van der Waals surface area (Å²) in [4.78, 5) is 31.4. The Hall–Kier alpha value is -3.56. The third kappa shape index (κ3) is 3.76. The van der Waals surface area contributed by atoms with Gasteiger partial charge >= 0.3 is 0 Å². The predicted octanol–water partition coefficient (Wildman–Crippen LogP) is 2.27. The minimum atomic E-state index is -0.694. The summed E-state index contributed by atoms with van der Waals surface area (Å²) in [7, 11) is 1.70. The summed E-state index contributed by atoms with van der Waals surface area (Å²) in [6, 6.07) is 7.14. The third-order valence-corrected chi connectivity index (χ3v) is 6.14. The normalized spacial score (nSPS) is 19.4. The Kier molecular flexibility index (Phi) is 4.99. The molecular formula is C22H24FN7O2. The second kappa shape index (κ2) is 7.85. The van der Waals surface area contributed by atoms with E-state index in [4.69, 9.17) is 0 Å². The van der Waals surface area contributed by atoms with Gasteiger partial charge in [0, 0.05) is 25.6 Å². The van der Waals surface area contributed by atoms with E-state index >= 15 is 0 Å². The van der Waals surface area contributed by atoms with Gasteiger partial charge in [-0.15, -0.1) is 5.10 Å². The molecule has 2 unspecified atom stereocenters. The second-order valence-electron chi connectivity index (χ2n) is 8.41. The van der Waals surface area contributed by atoms with Crippen molar-refractivity contribution in [1.29, 1.82) is 0 Å². The van der Waals surface area contributed by atoms with Crippen LogP contribution in [0.3, 0.4) is 0 Å². The highest BCUT2D eigenvalue weighted by molar-refractivity contribution is 6.00. The lowest BCUT2D eigenvalue weighted by Gasteiger charge is -2.20. The zero-order chi connectivity index (χ0) is 22.4. The highest BCUT2D eigenvalue weighted by Crippen LogP contribution is 2.40. The first-order chi connectivity index (χ1) is 15.4. The first-order valence-corrected chi connectivity index (χ1v) is 10.7. The third-order valence-electron chi connectivity index (χ3n) is 6.14. The van der Waals surface area contributed by atoms with Crippen LogP contribution < -0.4 is 10.2 Å². The Morgan fingerprint density at radius 1 is 1.19 bits per heavy atom. The highest BCUT2D eigenvalue weighted by Gasteiger charge is 2.34. The second-order valence-corrected chi connectivity index (χ2v) is 8.41. The first kappa shape index (κ1) is 20.3. The van der Waals surface area contributed by atoms with Gasteiger partial charge in [-0.3, -0.25) is 14.5 Å². The summed E-state index contributed by atoms with van der Waals surface area (Å²) in [6.07, 6.45) is 4.18. The number of carbonyl (C=O) groups is 2. The molecule has 9 nitrogen and oxygen atoms in total. The van der Waals surface area contributed by atoms with Crippen molar-refractivity contribution in [3.05, 3.63) is 59.6 Å². The zero-order valence-electron chi connectivity index (χ0n) is 17.9. The number of benzene rings is 1. The van der Waals surface area contributed by atoms with Gasteiger partial charge in [0.15, 0.2) is 0 Å². The topological polar surface area (TPSA) is 97.9 Å². The van der Waals surface area contributed by atoms with E-state index < -0.39 is 11.9 Å². The molecule has 166 valence electrons. The largest absolute Gasteiger partial charge is 0.337 e. The Balaban J connectivity index is 1.27. The number of hydrogen-bond acceptors (Lipinski definition) is 5. The fraction of sp³-hybridized carbons (Fsp3) is 0.409. The molecule has 1 N–H and O–H groups in total. The molecule has 1 aliphatic heterocycles. The molecule has 1 fully saturated rings. The average Bonchev–Trinajstić information content (AvgIpc) is 3.39. The minimum absolute atomic E-state index is 0.0209. The van der Waals surface area contributed by atoms with Crippen LogP contribution in [0.5, 0.6) is 0 Å². The molecule has 2 aromatic heterocycles. The van der Waals surface area contributed by atoms with Crippen LogP contribution in [0.2, 0.25) is 0 Å². The number of aryl methyl sites for hydroxylation is 1.